The number of hydroxylamine groups is 1. The van der Waals surface area contributed by atoms with E-state index in [9.17, 15) is 4.79 Å². The number of anilines is 1. The summed E-state index contributed by atoms with van der Waals surface area (Å²) >= 11 is 0. The number of benzene rings is 2. The van der Waals surface area contributed by atoms with Gasteiger partial charge in [0.2, 0.25) is 0 Å². The lowest BCUT2D eigenvalue weighted by Gasteiger charge is -2.18. The summed E-state index contributed by atoms with van der Waals surface area (Å²) in [6.07, 6.45) is 6.98. The number of nitrogens with zero attached hydrogens (tertiary/aromatic N) is 3. The minimum atomic E-state index is -0.605. The molecule has 1 aromatic heterocycles. The van der Waals surface area contributed by atoms with Gasteiger partial charge in [-0.1, -0.05) is 42.5 Å². The van der Waals surface area contributed by atoms with Crippen LogP contribution in [0.1, 0.15) is 17.7 Å². The molecule has 1 saturated heterocycles. The molecule has 0 unspecified atom stereocenters. The van der Waals surface area contributed by atoms with Crippen LogP contribution < -0.4 is 10.8 Å². The van der Waals surface area contributed by atoms with E-state index in [0.717, 1.165) is 26.1 Å². The van der Waals surface area contributed by atoms with Gasteiger partial charge in [-0.05, 0) is 28.8 Å². The van der Waals surface area contributed by atoms with E-state index in [0.29, 0.717) is 17.6 Å². The highest BCUT2D eigenvalue weighted by atomic mass is 16.5. The molecular weight excluding hydrogens is 366 g/mol. The van der Waals surface area contributed by atoms with Crippen LogP contribution in [-0.4, -0.2) is 45.1 Å². The third-order valence-corrected chi connectivity index (χ3v) is 5.09. The summed E-state index contributed by atoms with van der Waals surface area (Å²) in [6.45, 7) is 2.91. The van der Waals surface area contributed by atoms with Crippen LogP contribution in [0.15, 0.2) is 60.9 Å². The molecule has 1 aliphatic heterocycles. The Morgan fingerprint density at radius 3 is 2.86 bits per heavy atom. The van der Waals surface area contributed by atoms with Gasteiger partial charge >= 0.3 is 0 Å². The number of amides is 1. The maximum absolute atomic E-state index is 11.0. The lowest BCUT2D eigenvalue weighted by atomic mass is 10.0. The first-order valence-corrected chi connectivity index (χ1v) is 9.61. The van der Waals surface area contributed by atoms with Crippen molar-refractivity contribution in [2.24, 2.45) is 0 Å². The molecule has 1 atom stereocenters. The number of fused-ring (bicyclic) bond motifs is 1. The van der Waals surface area contributed by atoms with Crippen LogP contribution in [0.4, 0.5) is 5.82 Å². The molecule has 3 N–H and O–H groups in total. The monoisotopic (exact) mass is 389 g/mol. The number of nitrogens with one attached hydrogen (secondary N) is 2. The Balaban J connectivity index is 1.34. The fraction of sp³-hybridized carbons (Fsp3) is 0.227. The average molecular weight is 389 g/mol. The molecule has 2 aromatic carbocycles. The van der Waals surface area contributed by atoms with Crippen LogP contribution in [-0.2, 0) is 11.3 Å². The minimum Gasteiger partial charge on any atom is -0.365 e. The number of aromatic nitrogens is 2. The second-order valence-electron chi connectivity index (χ2n) is 7.14. The maximum atomic E-state index is 11.0. The van der Waals surface area contributed by atoms with Gasteiger partial charge in [-0.3, -0.25) is 19.9 Å². The highest BCUT2D eigenvalue weighted by molar-refractivity contribution is 5.90. The van der Waals surface area contributed by atoms with Crippen molar-refractivity contribution < 1.29 is 10.0 Å². The Morgan fingerprint density at radius 2 is 2.03 bits per heavy atom. The predicted molar refractivity (Wildman–Crippen MR) is 112 cm³/mol. The molecule has 1 amide bonds. The molecule has 0 radical (unpaired) electrons. The molecule has 4 rings (SSSR count). The van der Waals surface area contributed by atoms with E-state index in [1.54, 1.807) is 12.4 Å². The van der Waals surface area contributed by atoms with Crippen molar-refractivity contribution >= 4 is 28.6 Å². The van der Waals surface area contributed by atoms with Crippen molar-refractivity contribution in [3.63, 3.8) is 0 Å². The summed E-state index contributed by atoms with van der Waals surface area (Å²) in [4.78, 5) is 22.1. The Labute approximate surface area is 169 Å². The van der Waals surface area contributed by atoms with Gasteiger partial charge in [-0.15, -0.1) is 0 Å². The standard InChI is InChI=1S/C22H23N5O2/c28-22(26-29)9-8-18-12-24-21(13-23-18)25-19-10-11-27(15-19)14-17-6-3-5-16-4-1-2-7-20(16)17/h1-9,12-13,19,29H,10-11,14-15H2,(H,24,25)(H,26,28)/t19-/m1/s1. The molecule has 0 aliphatic carbocycles. The molecule has 7 nitrogen and oxygen atoms in total. The first-order valence-electron chi connectivity index (χ1n) is 9.61. The molecule has 29 heavy (non-hydrogen) atoms. The van der Waals surface area contributed by atoms with Gasteiger partial charge in [0.25, 0.3) is 5.91 Å². The summed E-state index contributed by atoms with van der Waals surface area (Å²) in [5, 5.41) is 14.5. The maximum Gasteiger partial charge on any atom is 0.267 e. The van der Waals surface area contributed by atoms with Gasteiger partial charge in [0.1, 0.15) is 5.82 Å². The summed E-state index contributed by atoms with van der Waals surface area (Å²) < 4.78 is 0. The first kappa shape index (κ1) is 19.0. The number of rotatable bonds is 6. The van der Waals surface area contributed by atoms with Crippen molar-refractivity contribution in [1.29, 1.82) is 0 Å². The highest BCUT2D eigenvalue weighted by Gasteiger charge is 2.23. The summed E-state index contributed by atoms with van der Waals surface area (Å²) in [5.74, 6) is 0.108. The lowest BCUT2D eigenvalue weighted by Crippen LogP contribution is -2.26. The van der Waals surface area contributed by atoms with Gasteiger partial charge in [-0.2, -0.15) is 0 Å². The fourth-order valence-electron chi connectivity index (χ4n) is 3.67. The van der Waals surface area contributed by atoms with Crippen molar-refractivity contribution in [3.8, 4) is 0 Å². The van der Waals surface area contributed by atoms with E-state index in [1.807, 2.05) is 0 Å². The van der Waals surface area contributed by atoms with Crippen molar-refractivity contribution in [1.82, 2.24) is 20.3 Å². The van der Waals surface area contributed by atoms with E-state index < -0.39 is 5.91 Å². The van der Waals surface area contributed by atoms with Crippen LogP contribution in [0.25, 0.3) is 16.8 Å². The normalized spacial score (nSPS) is 17.1. The van der Waals surface area contributed by atoms with Crippen LogP contribution in [0, 0.1) is 0 Å². The first-order chi connectivity index (χ1) is 14.2. The molecule has 1 aliphatic rings. The Hall–Kier alpha value is -3.29. The van der Waals surface area contributed by atoms with Gasteiger partial charge in [0.15, 0.2) is 0 Å². The SMILES string of the molecule is O=C(C=Cc1cnc(N[C@@H]2CCN(Cc3cccc4ccccc34)C2)cn1)NO. The third kappa shape index (κ3) is 4.77. The van der Waals surface area contributed by atoms with E-state index >= 15 is 0 Å². The molecule has 7 heteroatoms. The number of hydrogen-bond acceptors (Lipinski definition) is 6. The molecule has 0 spiro atoms. The molecular formula is C22H23N5O2. The smallest absolute Gasteiger partial charge is 0.267 e. The zero-order valence-corrected chi connectivity index (χ0v) is 16.0. The van der Waals surface area contributed by atoms with Gasteiger partial charge in [-0.25, -0.2) is 10.5 Å². The largest absolute Gasteiger partial charge is 0.365 e. The van der Waals surface area contributed by atoms with Crippen LogP contribution in [0.5, 0.6) is 0 Å². The second kappa shape index (κ2) is 8.81. The molecule has 0 saturated carbocycles. The summed E-state index contributed by atoms with van der Waals surface area (Å²) in [7, 11) is 0. The average Bonchev–Trinajstić information content (AvgIpc) is 3.20. The third-order valence-electron chi connectivity index (χ3n) is 5.09. The quantitative estimate of drug-likeness (QED) is 0.341. The topological polar surface area (TPSA) is 90.4 Å². The minimum absolute atomic E-state index is 0.320. The molecule has 148 valence electrons. The number of hydrogen-bond donors (Lipinski definition) is 3. The van der Waals surface area contributed by atoms with Gasteiger partial charge < -0.3 is 5.32 Å². The lowest BCUT2D eigenvalue weighted by molar-refractivity contribution is -0.124. The summed E-state index contributed by atoms with van der Waals surface area (Å²) in [6, 6.07) is 15.3. The summed E-state index contributed by atoms with van der Waals surface area (Å²) in [5.41, 5.74) is 3.43. The molecule has 1 fully saturated rings. The van der Waals surface area contributed by atoms with Crippen LogP contribution in [0.3, 0.4) is 0 Å². The second-order valence-corrected chi connectivity index (χ2v) is 7.14. The zero-order valence-electron chi connectivity index (χ0n) is 16.0. The van der Waals surface area contributed by atoms with E-state index in [2.05, 4.69) is 62.6 Å². The number of carbonyl (C=O) groups excluding carboxylic acids is 1. The van der Waals surface area contributed by atoms with E-state index in [-0.39, 0.29) is 0 Å². The predicted octanol–water partition coefficient (Wildman–Crippen LogP) is 2.83. The van der Waals surface area contributed by atoms with Crippen molar-refractivity contribution in [2.45, 2.75) is 19.0 Å². The zero-order chi connectivity index (χ0) is 20.1. The van der Waals surface area contributed by atoms with Crippen LogP contribution in [0.2, 0.25) is 0 Å². The molecule has 3 aromatic rings. The van der Waals surface area contributed by atoms with Gasteiger partial charge in [0, 0.05) is 31.8 Å². The number of carbonyl (C=O) groups is 1. The number of likely N-dealkylation sites (tertiary alicyclic amines) is 1. The Kier molecular flexibility index (Phi) is 5.79. The Morgan fingerprint density at radius 1 is 1.17 bits per heavy atom. The fourth-order valence-corrected chi connectivity index (χ4v) is 3.67. The molecule has 0 bridgehead atoms. The van der Waals surface area contributed by atoms with E-state index in [4.69, 9.17) is 5.21 Å². The van der Waals surface area contributed by atoms with Crippen LogP contribution >= 0.6 is 0 Å². The van der Waals surface area contributed by atoms with Crippen molar-refractivity contribution in [3.05, 3.63) is 72.2 Å². The highest BCUT2D eigenvalue weighted by Crippen LogP contribution is 2.22. The van der Waals surface area contributed by atoms with Crippen molar-refractivity contribution in [2.75, 3.05) is 18.4 Å². The molecule has 2 heterocycles. The van der Waals surface area contributed by atoms with E-state index in [1.165, 1.54) is 34.0 Å². The van der Waals surface area contributed by atoms with Gasteiger partial charge in [0.05, 0.1) is 18.1 Å². The Bertz CT molecular complexity index is 1010.